The first-order valence-corrected chi connectivity index (χ1v) is 4.23. The van der Waals surface area contributed by atoms with Gasteiger partial charge in [0.25, 0.3) is 0 Å². The highest BCUT2D eigenvalue weighted by Crippen LogP contribution is 2.18. The summed E-state index contributed by atoms with van der Waals surface area (Å²) in [4.78, 5) is 4.18. The number of nitrogens with zero attached hydrogens (tertiary/aromatic N) is 4. The standard InChI is InChI=1S/C9H10N4O/c1-13-9(8(6-14)11-12-13)7-4-2-3-5-10-7/h2-5,14H,6H2,1H3. The van der Waals surface area contributed by atoms with Crippen molar-refractivity contribution in [3.05, 3.63) is 30.1 Å². The van der Waals surface area contributed by atoms with Crippen molar-refractivity contribution in [3.8, 4) is 11.4 Å². The molecule has 0 spiro atoms. The van der Waals surface area contributed by atoms with Gasteiger partial charge < -0.3 is 5.11 Å². The fourth-order valence-electron chi connectivity index (χ4n) is 1.32. The Morgan fingerprint density at radius 2 is 2.29 bits per heavy atom. The number of aromatic nitrogens is 4. The van der Waals surface area contributed by atoms with Crippen molar-refractivity contribution in [2.45, 2.75) is 6.61 Å². The van der Waals surface area contributed by atoms with Gasteiger partial charge in [-0.15, -0.1) is 5.10 Å². The normalized spacial score (nSPS) is 10.4. The van der Waals surface area contributed by atoms with Crippen molar-refractivity contribution in [2.24, 2.45) is 7.05 Å². The van der Waals surface area contributed by atoms with Crippen LogP contribution in [0.1, 0.15) is 5.69 Å². The lowest BCUT2D eigenvalue weighted by Crippen LogP contribution is -1.97. The number of aryl methyl sites for hydroxylation is 1. The Morgan fingerprint density at radius 3 is 2.93 bits per heavy atom. The molecule has 0 radical (unpaired) electrons. The van der Waals surface area contributed by atoms with Gasteiger partial charge in [-0.25, -0.2) is 4.68 Å². The Balaban J connectivity index is 2.55. The molecule has 14 heavy (non-hydrogen) atoms. The Hall–Kier alpha value is -1.75. The molecule has 0 aliphatic carbocycles. The summed E-state index contributed by atoms with van der Waals surface area (Å²) in [6.07, 6.45) is 1.70. The summed E-state index contributed by atoms with van der Waals surface area (Å²) in [5.41, 5.74) is 2.07. The minimum Gasteiger partial charge on any atom is -0.390 e. The van der Waals surface area contributed by atoms with E-state index in [0.717, 1.165) is 11.4 Å². The molecular formula is C9H10N4O. The Kier molecular flexibility index (Phi) is 2.24. The van der Waals surface area contributed by atoms with E-state index in [9.17, 15) is 0 Å². The number of pyridine rings is 1. The van der Waals surface area contributed by atoms with Gasteiger partial charge in [-0.2, -0.15) is 0 Å². The maximum atomic E-state index is 9.05. The van der Waals surface area contributed by atoms with Gasteiger partial charge in [0.15, 0.2) is 0 Å². The molecule has 2 rings (SSSR count). The molecule has 0 saturated heterocycles. The van der Waals surface area contributed by atoms with E-state index >= 15 is 0 Å². The molecule has 0 aliphatic heterocycles. The van der Waals surface area contributed by atoms with Gasteiger partial charge in [0.05, 0.1) is 12.3 Å². The van der Waals surface area contributed by atoms with Crippen LogP contribution in [0.25, 0.3) is 11.4 Å². The van der Waals surface area contributed by atoms with E-state index in [1.54, 1.807) is 17.9 Å². The van der Waals surface area contributed by atoms with E-state index in [4.69, 9.17) is 5.11 Å². The number of hydrogen-bond acceptors (Lipinski definition) is 4. The van der Waals surface area contributed by atoms with Crippen molar-refractivity contribution >= 4 is 0 Å². The largest absolute Gasteiger partial charge is 0.390 e. The lowest BCUT2D eigenvalue weighted by Gasteiger charge is -2.00. The molecule has 2 aromatic heterocycles. The zero-order valence-electron chi connectivity index (χ0n) is 7.75. The van der Waals surface area contributed by atoms with Crippen LogP contribution in [0.3, 0.4) is 0 Å². The molecule has 0 unspecified atom stereocenters. The first kappa shape index (κ1) is 8.83. The van der Waals surface area contributed by atoms with Gasteiger partial charge in [-0.3, -0.25) is 4.98 Å². The maximum Gasteiger partial charge on any atom is 0.118 e. The fourth-order valence-corrected chi connectivity index (χ4v) is 1.32. The van der Waals surface area contributed by atoms with Gasteiger partial charge in [-0.1, -0.05) is 11.3 Å². The summed E-state index contributed by atoms with van der Waals surface area (Å²) < 4.78 is 1.61. The summed E-state index contributed by atoms with van der Waals surface area (Å²) >= 11 is 0. The second kappa shape index (κ2) is 3.55. The predicted molar refractivity (Wildman–Crippen MR) is 50.2 cm³/mol. The van der Waals surface area contributed by atoms with Crippen molar-refractivity contribution in [3.63, 3.8) is 0 Å². The Labute approximate surface area is 81.0 Å². The molecule has 0 fully saturated rings. The van der Waals surface area contributed by atoms with E-state index in [0.29, 0.717) is 5.69 Å². The smallest absolute Gasteiger partial charge is 0.118 e. The lowest BCUT2D eigenvalue weighted by atomic mass is 10.2. The zero-order chi connectivity index (χ0) is 9.97. The lowest BCUT2D eigenvalue weighted by molar-refractivity contribution is 0.277. The van der Waals surface area contributed by atoms with Crippen LogP contribution >= 0.6 is 0 Å². The molecule has 5 heteroatoms. The van der Waals surface area contributed by atoms with Crippen LogP contribution in [0.4, 0.5) is 0 Å². The quantitative estimate of drug-likeness (QED) is 0.743. The molecular weight excluding hydrogens is 180 g/mol. The first-order chi connectivity index (χ1) is 6.83. The Morgan fingerprint density at radius 1 is 1.43 bits per heavy atom. The topological polar surface area (TPSA) is 63.8 Å². The van der Waals surface area contributed by atoms with Crippen LogP contribution < -0.4 is 0 Å². The van der Waals surface area contributed by atoms with E-state index < -0.39 is 0 Å². The van der Waals surface area contributed by atoms with E-state index in [2.05, 4.69) is 15.3 Å². The summed E-state index contributed by atoms with van der Waals surface area (Å²) in [6, 6.07) is 5.58. The van der Waals surface area contributed by atoms with Crippen molar-refractivity contribution in [1.82, 2.24) is 20.0 Å². The molecule has 0 aliphatic rings. The van der Waals surface area contributed by atoms with E-state index in [1.165, 1.54) is 0 Å². The molecule has 72 valence electrons. The number of hydrogen-bond donors (Lipinski definition) is 1. The third-order valence-corrected chi connectivity index (χ3v) is 1.95. The van der Waals surface area contributed by atoms with Crippen LogP contribution in [0.15, 0.2) is 24.4 Å². The van der Waals surface area contributed by atoms with E-state index in [1.807, 2.05) is 18.2 Å². The molecule has 0 aromatic carbocycles. The van der Waals surface area contributed by atoms with Gasteiger partial charge >= 0.3 is 0 Å². The van der Waals surface area contributed by atoms with Gasteiger partial charge in [0.2, 0.25) is 0 Å². The van der Waals surface area contributed by atoms with E-state index in [-0.39, 0.29) is 6.61 Å². The average Bonchev–Trinajstić information content (AvgIpc) is 2.61. The molecule has 2 aromatic rings. The zero-order valence-corrected chi connectivity index (χ0v) is 7.75. The third kappa shape index (κ3) is 1.38. The van der Waals surface area contributed by atoms with Crippen LogP contribution in [0.2, 0.25) is 0 Å². The van der Waals surface area contributed by atoms with Gasteiger partial charge in [0.1, 0.15) is 11.4 Å². The molecule has 2 heterocycles. The van der Waals surface area contributed by atoms with Crippen LogP contribution in [-0.2, 0) is 13.7 Å². The van der Waals surface area contributed by atoms with Crippen LogP contribution in [-0.4, -0.2) is 25.1 Å². The average molecular weight is 190 g/mol. The Bertz CT molecular complexity index is 424. The third-order valence-electron chi connectivity index (χ3n) is 1.95. The maximum absolute atomic E-state index is 9.05. The highest BCUT2D eigenvalue weighted by molar-refractivity contribution is 5.56. The molecule has 0 amide bonds. The molecule has 5 nitrogen and oxygen atoms in total. The number of aliphatic hydroxyl groups is 1. The molecule has 0 saturated carbocycles. The SMILES string of the molecule is Cn1nnc(CO)c1-c1ccccn1. The van der Waals surface area contributed by atoms with Crippen LogP contribution in [0.5, 0.6) is 0 Å². The molecule has 0 bridgehead atoms. The predicted octanol–water partition coefficient (Wildman–Crippen LogP) is 0.369. The summed E-state index contributed by atoms with van der Waals surface area (Å²) in [6.45, 7) is -0.125. The first-order valence-electron chi connectivity index (χ1n) is 4.23. The van der Waals surface area contributed by atoms with Crippen molar-refractivity contribution in [1.29, 1.82) is 0 Å². The minimum absolute atomic E-state index is 0.125. The molecule has 0 atom stereocenters. The number of rotatable bonds is 2. The fraction of sp³-hybridized carbons (Fsp3) is 0.222. The van der Waals surface area contributed by atoms with Crippen molar-refractivity contribution in [2.75, 3.05) is 0 Å². The van der Waals surface area contributed by atoms with Gasteiger partial charge in [0, 0.05) is 13.2 Å². The second-order valence-corrected chi connectivity index (χ2v) is 2.88. The van der Waals surface area contributed by atoms with Crippen molar-refractivity contribution < 1.29 is 5.11 Å². The second-order valence-electron chi connectivity index (χ2n) is 2.88. The van der Waals surface area contributed by atoms with Gasteiger partial charge in [-0.05, 0) is 12.1 Å². The highest BCUT2D eigenvalue weighted by Gasteiger charge is 2.11. The summed E-state index contributed by atoms with van der Waals surface area (Å²) in [7, 11) is 1.77. The minimum atomic E-state index is -0.125. The monoisotopic (exact) mass is 190 g/mol. The van der Waals surface area contributed by atoms with Crippen LogP contribution in [0, 0.1) is 0 Å². The number of aliphatic hydroxyl groups excluding tert-OH is 1. The summed E-state index contributed by atoms with van der Waals surface area (Å²) in [5, 5.41) is 16.7. The highest BCUT2D eigenvalue weighted by atomic mass is 16.3. The summed E-state index contributed by atoms with van der Waals surface area (Å²) in [5.74, 6) is 0. The molecule has 1 N–H and O–H groups in total.